The van der Waals surface area contributed by atoms with E-state index < -0.39 is 0 Å². The van der Waals surface area contributed by atoms with Crippen molar-refractivity contribution in [3.63, 3.8) is 0 Å². The molecule has 5 heteroatoms. The van der Waals surface area contributed by atoms with Crippen LogP contribution in [0.15, 0.2) is 70.8 Å². The van der Waals surface area contributed by atoms with Crippen LogP contribution in [0.3, 0.4) is 0 Å². The van der Waals surface area contributed by atoms with Gasteiger partial charge < -0.3 is 10.4 Å². The Balaban J connectivity index is 2.25. The molecule has 3 aromatic rings. The third-order valence-corrected chi connectivity index (χ3v) is 4.45. The van der Waals surface area contributed by atoms with E-state index in [0.29, 0.717) is 11.3 Å². The molecule has 0 aromatic heterocycles. The Morgan fingerprint density at radius 2 is 1.76 bits per heavy atom. The van der Waals surface area contributed by atoms with Crippen LogP contribution in [0.4, 0.5) is 5.69 Å². The van der Waals surface area contributed by atoms with E-state index in [-0.39, 0.29) is 11.3 Å². The molecule has 0 radical (unpaired) electrons. The molecule has 0 aliphatic heterocycles. The number of nitrogens with one attached hydrogen (secondary N) is 1. The van der Waals surface area contributed by atoms with Crippen LogP contribution in [-0.2, 0) is 0 Å². The van der Waals surface area contributed by atoms with Gasteiger partial charge in [-0.15, -0.1) is 0 Å². The van der Waals surface area contributed by atoms with Crippen molar-refractivity contribution in [1.82, 2.24) is 0 Å². The number of hydrogen-bond donors (Lipinski definition) is 2. The Labute approximate surface area is 153 Å². The van der Waals surface area contributed by atoms with E-state index in [1.807, 2.05) is 60.7 Å². The predicted octanol–water partition coefficient (Wildman–Crippen LogP) is 5.32. The van der Waals surface area contributed by atoms with Gasteiger partial charge in [-0.25, -0.2) is 0 Å². The van der Waals surface area contributed by atoms with Gasteiger partial charge in [-0.05, 0) is 38.8 Å². The summed E-state index contributed by atoms with van der Waals surface area (Å²) in [5, 5.41) is 33.2. The number of hydrogen-bond acceptors (Lipinski definition) is 4. The van der Waals surface area contributed by atoms with Crippen LogP contribution in [0.25, 0.3) is 21.9 Å². The van der Waals surface area contributed by atoms with Crippen LogP contribution in [0.2, 0.25) is 0 Å². The van der Waals surface area contributed by atoms with E-state index in [9.17, 15) is 5.11 Å². The molecule has 0 fully saturated rings. The smallest absolute Gasteiger partial charge is 0.145 e. The van der Waals surface area contributed by atoms with E-state index in [2.05, 4.69) is 21.2 Å². The molecule has 0 heterocycles. The van der Waals surface area contributed by atoms with Crippen molar-refractivity contribution in [3.8, 4) is 29.0 Å². The number of para-hydroxylation sites is 1. The molecule has 3 rings (SSSR count). The second-order valence-electron chi connectivity index (χ2n) is 5.27. The highest BCUT2D eigenvalue weighted by molar-refractivity contribution is 9.10. The topological polar surface area (TPSA) is 79.8 Å². The molecule has 3 aromatic carbocycles. The average Bonchev–Trinajstić information content (AvgIpc) is 2.63. The average molecular weight is 390 g/mol. The number of halogens is 1. The van der Waals surface area contributed by atoms with Crippen LogP contribution in [-0.4, -0.2) is 5.11 Å². The van der Waals surface area contributed by atoms with Gasteiger partial charge in [-0.2, -0.15) is 10.5 Å². The third-order valence-electron chi connectivity index (χ3n) is 3.79. The van der Waals surface area contributed by atoms with Gasteiger partial charge in [0.1, 0.15) is 23.5 Å². The van der Waals surface area contributed by atoms with Crippen molar-refractivity contribution in [2.45, 2.75) is 0 Å². The number of rotatable bonds is 3. The van der Waals surface area contributed by atoms with E-state index in [1.165, 1.54) is 6.20 Å². The van der Waals surface area contributed by atoms with Gasteiger partial charge in [0.2, 0.25) is 0 Å². The normalized spacial score (nSPS) is 9.88. The summed E-state index contributed by atoms with van der Waals surface area (Å²) in [6.45, 7) is 0. The minimum absolute atomic E-state index is 0.0381. The molecular formula is C20H12BrN3O. The molecule has 0 aliphatic rings. The van der Waals surface area contributed by atoms with Gasteiger partial charge in [0.05, 0.1) is 5.69 Å². The highest BCUT2D eigenvalue weighted by Gasteiger charge is 2.15. The fraction of sp³-hybridized carbons (Fsp3) is 0. The molecule has 0 saturated heterocycles. The number of phenolic OH excluding ortho intramolecular Hbond substituents is 1. The quantitative estimate of drug-likeness (QED) is 0.594. The van der Waals surface area contributed by atoms with Crippen molar-refractivity contribution in [3.05, 3.63) is 70.8 Å². The van der Waals surface area contributed by atoms with Crippen molar-refractivity contribution in [2.24, 2.45) is 0 Å². The number of benzene rings is 3. The number of aromatic hydroxyl groups is 1. The van der Waals surface area contributed by atoms with Crippen LogP contribution in [0, 0.1) is 22.7 Å². The molecule has 0 atom stereocenters. The van der Waals surface area contributed by atoms with Crippen molar-refractivity contribution in [2.75, 3.05) is 5.32 Å². The number of anilines is 1. The second kappa shape index (κ2) is 7.09. The Bertz CT molecular complexity index is 1060. The zero-order valence-electron chi connectivity index (χ0n) is 13.0. The van der Waals surface area contributed by atoms with Gasteiger partial charge in [0.15, 0.2) is 0 Å². The SMILES string of the molecule is N#CC(C#N)=CNc1c(Br)cccc1-c1c(O)ccc2ccccc12. The summed E-state index contributed by atoms with van der Waals surface area (Å²) in [4.78, 5) is 0. The molecule has 0 bridgehead atoms. The first kappa shape index (κ1) is 16.6. The molecule has 25 heavy (non-hydrogen) atoms. The third kappa shape index (κ3) is 3.19. The number of phenols is 1. The zero-order chi connectivity index (χ0) is 17.8. The molecule has 0 spiro atoms. The highest BCUT2D eigenvalue weighted by Crippen LogP contribution is 2.42. The minimum atomic E-state index is -0.0381. The Morgan fingerprint density at radius 1 is 1.00 bits per heavy atom. The summed E-state index contributed by atoms with van der Waals surface area (Å²) in [6.07, 6.45) is 1.35. The van der Waals surface area contributed by atoms with Crippen LogP contribution in [0.5, 0.6) is 5.75 Å². The molecular weight excluding hydrogens is 378 g/mol. The summed E-state index contributed by atoms with van der Waals surface area (Å²) >= 11 is 3.49. The number of nitrogens with zero attached hydrogens (tertiary/aromatic N) is 2. The fourth-order valence-corrected chi connectivity index (χ4v) is 3.14. The van der Waals surface area contributed by atoms with Gasteiger partial charge in [-0.1, -0.05) is 42.5 Å². The second-order valence-corrected chi connectivity index (χ2v) is 6.12. The Hall–Kier alpha value is -3.28. The lowest BCUT2D eigenvalue weighted by Gasteiger charge is -2.15. The van der Waals surface area contributed by atoms with Gasteiger partial charge in [0.25, 0.3) is 0 Å². The molecule has 0 amide bonds. The number of nitriles is 2. The van der Waals surface area contributed by atoms with E-state index >= 15 is 0 Å². The van der Waals surface area contributed by atoms with Crippen LogP contribution < -0.4 is 5.32 Å². The summed E-state index contributed by atoms with van der Waals surface area (Å²) in [5.41, 5.74) is 2.07. The number of fused-ring (bicyclic) bond motifs is 1. The van der Waals surface area contributed by atoms with E-state index in [1.54, 1.807) is 6.07 Å². The van der Waals surface area contributed by atoms with Crippen molar-refractivity contribution in [1.29, 1.82) is 10.5 Å². The van der Waals surface area contributed by atoms with Gasteiger partial charge in [0, 0.05) is 21.8 Å². The van der Waals surface area contributed by atoms with Crippen molar-refractivity contribution < 1.29 is 5.11 Å². The van der Waals surface area contributed by atoms with Crippen molar-refractivity contribution >= 4 is 32.4 Å². The predicted molar refractivity (Wildman–Crippen MR) is 102 cm³/mol. The maximum atomic E-state index is 10.5. The largest absolute Gasteiger partial charge is 0.507 e. The lowest BCUT2D eigenvalue weighted by atomic mass is 9.96. The molecule has 2 N–H and O–H groups in total. The summed E-state index contributed by atoms with van der Waals surface area (Å²) in [6, 6.07) is 20.5. The molecule has 0 saturated carbocycles. The summed E-state index contributed by atoms with van der Waals surface area (Å²) < 4.78 is 0.754. The molecule has 120 valence electrons. The van der Waals surface area contributed by atoms with E-state index in [0.717, 1.165) is 20.8 Å². The first-order valence-electron chi connectivity index (χ1n) is 7.42. The lowest BCUT2D eigenvalue weighted by Crippen LogP contribution is -1.95. The van der Waals surface area contributed by atoms with Crippen LogP contribution in [0.1, 0.15) is 0 Å². The van der Waals surface area contributed by atoms with Gasteiger partial charge >= 0.3 is 0 Å². The van der Waals surface area contributed by atoms with Crippen LogP contribution >= 0.6 is 15.9 Å². The summed E-state index contributed by atoms with van der Waals surface area (Å²) in [5.74, 6) is 0.157. The summed E-state index contributed by atoms with van der Waals surface area (Å²) in [7, 11) is 0. The zero-order valence-corrected chi connectivity index (χ0v) is 14.6. The molecule has 4 nitrogen and oxygen atoms in total. The van der Waals surface area contributed by atoms with E-state index in [4.69, 9.17) is 10.5 Å². The Kier molecular flexibility index (Phi) is 4.70. The fourth-order valence-electron chi connectivity index (χ4n) is 2.66. The first-order valence-corrected chi connectivity index (χ1v) is 8.21. The highest BCUT2D eigenvalue weighted by atomic mass is 79.9. The maximum Gasteiger partial charge on any atom is 0.145 e. The molecule has 0 aliphatic carbocycles. The van der Waals surface area contributed by atoms with Gasteiger partial charge in [-0.3, -0.25) is 0 Å². The lowest BCUT2D eigenvalue weighted by molar-refractivity contribution is 0.478. The number of allylic oxidation sites excluding steroid dienone is 1. The monoisotopic (exact) mass is 389 g/mol. The minimum Gasteiger partial charge on any atom is -0.507 e. The Morgan fingerprint density at radius 3 is 2.52 bits per heavy atom. The molecule has 0 unspecified atom stereocenters. The maximum absolute atomic E-state index is 10.5. The first-order chi connectivity index (χ1) is 12.2. The standard InChI is InChI=1S/C20H12BrN3O/c21-17-7-3-6-16(20(17)24-12-13(10-22)11-23)19-15-5-2-1-4-14(15)8-9-18(19)25/h1-9,12,24-25H.